The first-order valence-corrected chi connectivity index (χ1v) is 9.98. The highest BCUT2D eigenvalue weighted by atomic mass is 16.4. The number of rotatable bonds is 4. The number of likely N-dealkylation sites (tertiary alicyclic amines) is 1. The van der Waals surface area contributed by atoms with Crippen LogP contribution >= 0.6 is 0 Å². The van der Waals surface area contributed by atoms with Crippen molar-refractivity contribution in [2.75, 3.05) is 13.1 Å². The summed E-state index contributed by atoms with van der Waals surface area (Å²) in [6, 6.07) is 10.3. The Morgan fingerprint density at radius 1 is 1.32 bits per heavy atom. The zero-order chi connectivity index (χ0) is 19.9. The number of aliphatic carboxylic acids is 1. The molecule has 2 aliphatic rings. The number of oxazole rings is 1. The minimum Gasteiger partial charge on any atom is -0.481 e. The molecule has 1 aliphatic carbocycles. The van der Waals surface area contributed by atoms with Gasteiger partial charge in [-0.1, -0.05) is 37.3 Å². The maximum Gasteiger partial charge on any atom is 0.311 e. The number of hydrogen-bond acceptors (Lipinski definition) is 4. The normalized spacial score (nSPS) is 26.9. The Balaban J connectivity index is 1.58. The van der Waals surface area contributed by atoms with Gasteiger partial charge in [0.2, 0.25) is 5.76 Å². The van der Waals surface area contributed by atoms with Gasteiger partial charge in [-0.25, -0.2) is 4.98 Å². The first kappa shape index (κ1) is 18.7. The van der Waals surface area contributed by atoms with Crippen molar-refractivity contribution in [2.24, 2.45) is 11.3 Å². The van der Waals surface area contributed by atoms with Crippen LogP contribution in [0.2, 0.25) is 0 Å². The van der Waals surface area contributed by atoms with Gasteiger partial charge in [0.05, 0.1) is 11.1 Å². The number of benzene rings is 1. The van der Waals surface area contributed by atoms with Crippen molar-refractivity contribution in [1.82, 2.24) is 9.88 Å². The van der Waals surface area contributed by atoms with Crippen LogP contribution in [0.1, 0.15) is 59.8 Å². The summed E-state index contributed by atoms with van der Waals surface area (Å²) in [6.07, 6.45) is 2.83. The smallest absolute Gasteiger partial charge is 0.311 e. The Labute approximate surface area is 164 Å². The Bertz CT molecular complexity index is 891. The van der Waals surface area contributed by atoms with E-state index >= 15 is 0 Å². The number of nitrogens with zero attached hydrogens (tertiary/aromatic N) is 2. The third-order valence-corrected chi connectivity index (χ3v) is 6.52. The van der Waals surface area contributed by atoms with Crippen molar-refractivity contribution in [3.05, 3.63) is 53.2 Å². The first-order chi connectivity index (χ1) is 13.4. The number of carbonyl (C=O) groups is 2. The molecule has 1 N–H and O–H groups in total. The zero-order valence-electron chi connectivity index (χ0n) is 16.4. The Hall–Kier alpha value is -2.63. The van der Waals surface area contributed by atoms with Gasteiger partial charge in [-0.15, -0.1) is 0 Å². The van der Waals surface area contributed by atoms with Gasteiger partial charge in [-0.05, 0) is 43.6 Å². The molecule has 1 saturated heterocycles. The highest BCUT2D eigenvalue weighted by Crippen LogP contribution is 2.51. The average Bonchev–Trinajstić information content (AvgIpc) is 3.28. The van der Waals surface area contributed by atoms with E-state index in [1.165, 1.54) is 5.56 Å². The molecule has 1 amide bonds. The maximum absolute atomic E-state index is 13.1. The van der Waals surface area contributed by atoms with Crippen LogP contribution in [-0.4, -0.2) is 40.0 Å². The number of fused-ring (bicyclic) bond motifs is 1. The van der Waals surface area contributed by atoms with Crippen LogP contribution in [0.3, 0.4) is 0 Å². The van der Waals surface area contributed by atoms with Crippen LogP contribution in [0, 0.1) is 18.3 Å². The van der Waals surface area contributed by atoms with E-state index < -0.39 is 11.4 Å². The molecule has 2 fully saturated rings. The van der Waals surface area contributed by atoms with Crippen molar-refractivity contribution < 1.29 is 19.1 Å². The molecule has 0 unspecified atom stereocenters. The van der Waals surface area contributed by atoms with Gasteiger partial charge in [0.1, 0.15) is 0 Å². The summed E-state index contributed by atoms with van der Waals surface area (Å²) in [5, 5.41) is 10.0. The van der Waals surface area contributed by atoms with E-state index in [1.807, 2.05) is 25.1 Å². The lowest BCUT2D eigenvalue weighted by Crippen LogP contribution is -2.43. The van der Waals surface area contributed by atoms with Crippen molar-refractivity contribution >= 4 is 11.9 Å². The third kappa shape index (κ3) is 3.01. The van der Waals surface area contributed by atoms with E-state index in [0.29, 0.717) is 36.9 Å². The molecule has 0 spiro atoms. The van der Waals surface area contributed by atoms with E-state index in [-0.39, 0.29) is 24.1 Å². The molecule has 1 saturated carbocycles. The second kappa shape index (κ2) is 7.08. The second-order valence-corrected chi connectivity index (χ2v) is 8.10. The molecular weight excluding hydrogens is 356 g/mol. The molecule has 28 heavy (non-hydrogen) atoms. The summed E-state index contributed by atoms with van der Waals surface area (Å²) in [4.78, 5) is 31.3. The molecule has 1 aromatic heterocycles. The van der Waals surface area contributed by atoms with Gasteiger partial charge < -0.3 is 14.4 Å². The Morgan fingerprint density at radius 2 is 2.07 bits per heavy atom. The fourth-order valence-electron chi connectivity index (χ4n) is 4.93. The molecule has 3 atom stereocenters. The standard InChI is InChI=1S/C22H26N2O4/c1-3-18-23-14(2)19(28-18)20(25)24-12-17-11-16(15-7-5-4-6-8-15)9-10-22(17,13-24)21(26)27/h4-8,16-17H,3,9-13H2,1-2H3,(H,26,27)/t16-,17-,22-/m0/s1. The first-order valence-electron chi connectivity index (χ1n) is 9.98. The highest BCUT2D eigenvalue weighted by Gasteiger charge is 2.56. The lowest BCUT2D eigenvalue weighted by Gasteiger charge is -2.38. The predicted octanol–water partition coefficient (Wildman–Crippen LogP) is 3.66. The molecule has 6 heteroatoms. The molecule has 148 valence electrons. The zero-order valence-corrected chi connectivity index (χ0v) is 16.4. The third-order valence-electron chi connectivity index (χ3n) is 6.52. The van der Waals surface area contributed by atoms with E-state index in [1.54, 1.807) is 11.8 Å². The van der Waals surface area contributed by atoms with E-state index in [0.717, 1.165) is 12.8 Å². The number of carboxylic acids is 1. The number of carbonyl (C=O) groups excluding carboxylic acids is 1. The predicted molar refractivity (Wildman–Crippen MR) is 103 cm³/mol. The summed E-state index contributed by atoms with van der Waals surface area (Å²) in [6.45, 7) is 4.38. The van der Waals surface area contributed by atoms with Crippen molar-refractivity contribution in [1.29, 1.82) is 0 Å². The molecule has 1 aliphatic heterocycles. The van der Waals surface area contributed by atoms with E-state index in [9.17, 15) is 14.7 Å². The molecule has 6 nitrogen and oxygen atoms in total. The minimum absolute atomic E-state index is 0.0539. The molecular formula is C22H26N2O4. The van der Waals surface area contributed by atoms with Crippen LogP contribution in [0.25, 0.3) is 0 Å². The van der Waals surface area contributed by atoms with Crippen molar-refractivity contribution in [3.8, 4) is 0 Å². The minimum atomic E-state index is -0.859. The quantitative estimate of drug-likeness (QED) is 0.872. The van der Waals surface area contributed by atoms with Crippen LogP contribution in [-0.2, 0) is 11.2 Å². The fourth-order valence-corrected chi connectivity index (χ4v) is 4.93. The molecule has 0 radical (unpaired) electrons. The van der Waals surface area contributed by atoms with E-state index in [4.69, 9.17) is 4.42 Å². The number of amides is 1. The monoisotopic (exact) mass is 382 g/mol. The summed E-state index contributed by atoms with van der Waals surface area (Å²) in [5.74, 6) is 0.0400. The second-order valence-electron chi connectivity index (χ2n) is 8.10. The number of aromatic nitrogens is 1. The molecule has 2 heterocycles. The van der Waals surface area contributed by atoms with Crippen molar-refractivity contribution in [3.63, 3.8) is 0 Å². The summed E-state index contributed by atoms with van der Waals surface area (Å²) < 4.78 is 5.63. The Kier molecular flexibility index (Phi) is 4.73. The van der Waals surface area contributed by atoms with Crippen molar-refractivity contribution in [2.45, 2.75) is 45.4 Å². The fraction of sp³-hybridized carbons (Fsp3) is 0.500. The summed E-state index contributed by atoms with van der Waals surface area (Å²) in [5.41, 5.74) is 0.968. The molecule has 0 bridgehead atoms. The Morgan fingerprint density at radius 3 is 2.71 bits per heavy atom. The van der Waals surface area contributed by atoms with Crippen LogP contribution in [0.15, 0.2) is 34.7 Å². The largest absolute Gasteiger partial charge is 0.481 e. The topological polar surface area (TPSA) is 83.6 Å². The number of hydrogen-bond donors (Lipinski definition) is 1. The van der Waals surface area contributed by atoms with Gasteiger partial charge in [0, 0.05) is 19.5 Å². The average molecular weight is 382 g/mol. The van der Waals surface area contributed by atoms with Crippen LogP contribution in [0.4, 0.5) is 0 Å². The van der Waals surface area contributed by atoms with Gasteiger partial charge in [-0.3, -0.25) is 9.59 Å². The number of aryl methyl sites for hydroxylation is 2. The number of carboxylic acid groups (broad SMARTS) is 1. The summed E-state index contributed by atoms with van der Waals surface area (Å²) in [7, 11) is 0. The highest BCUT2D eigenvalue weighted by molar-refractivity contribution is 5.93. The summed E-state index contributed by atoms with van der Waals surface area (Å²) >= 11 is 0. The molecule has 4 rings (SSSR count). The SMILES string of the molecule is CCc1nc(C)c(C(=O)N2C[C@@H]3C[C@@H](c4ccccc4)CC[C@]3(C(=O)O)C2)o1. The maximum atomic E-state index is 13.1. The van der Waals surface area contributed by atoms with Crippen LogP contribution in [0.5, 0.6) is 0 Å². The lowest BCUT2D eigenvalue weighted by atomic mass is 9.64. The lowest BCUT2D eigenvalue weighted by molar-refractivity contribution is -0.152. The van der Waals surface area contributed by atoms with Gasteiger partial charge in [0.25, 0.3) is 5.91 Å². The molecule has 2 aromatic rings. The molecule has 1 aromatic carbocycles. The van der Waals surface area contributed by atoms with E-state index in [2.05, 4.69) is 17.1 Å². The van der Waals surface area contributed by atoms with Gasteiger partial charge >= 0.3 is 5.97 Å². The van der Waals surface area contributed by atoms with Gasteiger partial charge in [0.15, 0.2) is 5.89 Å². The van der Waals surface area contributed by atoms with Gasteiger partial charge in [-0.2, -0.15) is 0 Å². The van der Waals surface area contributed by atoms with Crippen LogP contribution < -0.4 is 0 Å².